The minimum Gasteiger partial charge on any atom is -0.493 e. The van der Waals surface area contributed by atoms with Crippen LogP contribution in [0.25, 0.3) is 0 Å². The van der Waals surface area contributed by atoms with E-state index in [-0.39, 0.29) is 35.7 Å². The highest BCUT2D eigenvalue weighted by Gasteiger charge is 2.48. The number of aliphatic carboxylic acids is 1. The van der Waals surface area contributed by atoms with Crippen LogP contribution >= 0.6 is 0 Å². The maximum absolute atomic E-state index is 12.9. The highest BCUT2D eigenvalue weighted by Crippen LogP contribution is 2.37. The number of esters is 1. The molecule has 0 aliphatic carbocycles. The zero-order valence-corrected chi connectivity index (χ0v) is 25.6. The van der Waals surface area contributed by atoms with E-state index in [1.54, 1.807) is 0 Å². The summed E-state index contributed by atoms with van der Waals surface area (Å²) in [6.07, 6.45) is -14.7. The zero-order chi connectivity index (χ0) is 35.3. The Labute approximate surface area is 273 Å². The summed E-state index contributed by atoms with van der Waals surface area (Å²) in [7, 11) is 1.27. The number of carboxylic acids is 1. The number of carboxylic acid groups (broad SMARTS) is 1. The molecule has 3 aliphatic heterocycles. The van der Waals surface area contributed by atoms with Gasteiger partial charge >= 0.3 is 11.9 Å². The quantitative estimate of drug-likeness (QED) is 0.0736. The summed E-state index contributed by atoms with van der Waals surface area (Å²) in [5.74, 6) is -3.96. The molecule has 3 heterocycles. The third kappa shape index (κ3) is 7.90. The molecule has 0 saturated carbocycles. The minimum atomic E-state index is -1.74. The lowest BCUT2D eigenvalue weighted by Crippen LogP contribution is -2.60. The number of hydrogen-bond acceptors (Lipinski definition) is 17. The Hall–Kier alpha value is -3.40. The predicted octanol–water partition coefficient (Wildman–Crippen LogP) is -3.02. The van der Waals surface area contributed by atoms with Crippen LogP contribution in [0, 0.1) is 11.8 Å². The van der Waals surface area contributed by atoms with E-state index in [1.165, 1.54) is 31.4 Å². The zero-order valence-electron chi connectivity index (χ0n) is 25.6. The molecule has 0 unspecified atom stereocenters. The van der Waals surface area contributed by atoms with Crippen molar-refractivity contribution in [1.29, 1.82) is 0 Å². The van der Waals surface area contributed by atoms with Gasteiger partial charge in [-0.25, -0.2) is 9.59 Å². The van der Waals surface area contributed by atoms with Crippen LogP contribution in [0.4, 0.5) is 0 Å². The van der Waals surface area contributed by atoms with Gasteiger partial charge < -0.3 is 79.1 Å². The summed E-state index contributed by atoms with van der Waals surface area (Å²) in [6, 6.07) is 3.86. The number of benzene rings is 1. The van der Waals surface area contributed by atoms with Crippen LogP contribution < -0.4 is 9.47 Å². The average molecular weight is 689 g/mol. The molecule has 0 amide bonds. The standard InChI is InChI=1S/C30H40O18/c1-3-13-14(15(26(39)40)11-44-28(13)48-30-25(38)23(36)21(34)19(10-32)47-30)6-7-43-27(41)12-4-5-16(17(8-12)42-2)45-29-24(37)22(35)20(33)18(9-31)46-29/h3-5,8,11,13-14,18-25,28-38H,1,6-7,9-10H2,2H3,(H,39,40)/t13-,14-,18-,19-,20-,21-,22+,23+,24-,25-,28+,29+,30-/m1/s1. The molecule has 18 nitrogen and oxygen atoms in total. The fourth-order valence-electron chi connectivity index (χ4n) is 5.53. The lowest BCUT2D eigenvalue weighted by Gasteiger charge is -2.43. The molecule has 2 saturated heterocycles. The molecule has 3 aliphatic rings. The first kappa shape index (κ1) is 37.4. The Bertz CT molecular complexity index is 1300. The summed E-state index contributed by atoms with van der Waals surface area (Å²) < 4.78 is 38.1. The normalized spacial score (nSPS) is 36.7. The van der Waals surface area contributed by atoms with Gasteiger partial charge in [0.2, 0.25) is 12.6 Å². The number of rotatable bonds is 13. The number of methoxy groups -OCH3 is 1. The molecule has 268 valence electrons. The predicted molar refractivity (Wildman–Crippen MR) is 155 cm³/mol. The monoisotopic (exact) mass is 688 g/mol. The second-order valence-electron chi connectivity index (χ2n) is 11.2. The van der Waals surface area contributed by atoms with Gasteiger partial charge in [-0.2, -0.15) is 0 Å². The van der Waals surface area contributed by atoms with Gasteiger partial charge in [0.15, 0.2) is 17.8 Å². The molecule has 9 N–H and O–H groups in total. The van der Waals surface area contributed by atoms with Crippen molar-refractivity contribution >= 4 is 11.9 Å². The molecule has 48 heavy (non-hydrogen) atoms. The Morgan fingerprint density at radius 2 is 1.46 bits per heavy atom. The summed E-state index contributed by atoms with van der Waals surface area (Å²) in [4.78, 5) is 24.9. The first-order valence-corrected chi connectivity index (χ1v) is 14.9. The summed E-state index contributed by atoms with van der Waals surface area (Å²) in [6.45, 7) is 2.07. The Balaban J connectivity index is 1.41. The largest absolute Gasteiger partial charge is 0.493 e. The molecule has 13 atom stereocenters. The lowest BCUT2D eigenvalue weighted by atomic mass is 9.82. The van der Waals surface area contributed by atoms with Crippen molar-refractivity contribution < 1.29 is 88.7 Å². The van der Waals surface area contributed by atoms with Gasteiger partial charge in [-0.15, -0.1) is 6.58 Å². The molecule has 18 heteroatoms. The third-order valence-corrected chi connectivity index (χ3v) is 8.30. The van der Waals surface area contributed by atoms with Crippen molar-refractivity contribution in [3.05, 3.63) is 48.3 Å². The molecular weight excluding hydrogens is 648 g/mol. The topological polar surface area (TPSA) is 281 Å². The third-order valence-electron chi connectivity index (χ3n) is 8.30. The van der Waals surface area contributed by atoms with E-state index >= 15 is 0 Å². The highest BCUT2D eigenvalue weighted by molar-refractivity contribution is 5.90. The lowest BCUT2D eigenvalue weighted by molar-refractivity contribution is -0.339. The van der Waals surface area contributed by atoms with Gasteiger partial charge in [0.1, 0.15) is 48.8 Å². The van der Waals surface area contributed by atoms with E-state index in [2.05, 4.69) is 6.58 Å². The maximum Gasteiger partial charge on any atom is 0.338 e. The average Bonchev–Trinajstić information content (AvgIpc) is 3.08. The smallest absolute Gasteiger partial charge is 0.338 e. The summed E-state index contributed by atoms with van der Waals surface area (Å²) in [5.41, 5.74) is -0.195. The van der Waals surface area contributed by atoms with E-state index in [9.17, 15) is 55.5 Å². The Kier molecular flexibility index (Phi) is 12.7. The maximum atomic E-state index is 12.9. The summed E-state index contributed by atoms with van der Waals surface area (Å²) in [5, 5.41) is 89.4. The van der Waals surface area contributed by atoms with Gasteiger partial charge in [-0.1, -0.05) is 6.08 Å². The SMILES string of the molecule is C=C[C@H]1[C@H](O[C@H]2O[C@H](CO)[C@@H](O)[C@H](O)[C@H]2O)OC=C(C(=O)O)[C@@H]1CCOC(=O)c1ccc(O[C@H]2O[C@H](CO)[C@@H](O)[C@H](O)[C@H]2O)c(OC)c1. The van der Waals surface area contributed by atoms with Crippen molar-refractivity contribution in [2.75, 3.05) is 26.9 Å². The van der Waals surface area contributed by atoms with Crippen molar-refractivity contribution in [2.45, 2.75) is 74.1 Å². The molecule has 0 bridgehead atoms. The van der Waals surface area contributed by atoms with Crippen LogP contribution in [0.5, 0.6) is 11.5 Å². The van der Waals surface area contributed by atoms with Crippen molar-refractivity contribution in [3.63, 3.8) is 0 Å². The molecule has 1 aromatic rings. The van der Waals surface area contributed by atoms with Gasteiger partial charge in [0.05, 0.1) is 44.3 Å². The van der Waals surface area contributed by atoms with Gasteiger partial charge in [-0.05, 0) is 24.6 Å². The molecule has 4 rings (SSSR count). The minimum absolute atomic E-state index is 0.00171. The number of ether oxygens (including phenoxy) is 7. The fourth-order valence-corrected chi connectivity index (χ4v) is 5.53. The Morgan fingerprint density at radius 3 is 2.02 bits per heavy atom. The number of aliphatic hydroxyl groups excluding tert-OH is 8. The number of carbonyl (C=O) groups is 2. The van der Waals surface area contributed by atoms with E-state index in [4.69, 9.17) is 33.2 Å². The second kappa shape index (κ2) is 16.3. The van der Waals surface area contributed by atoms with Gasteiger partial charge in [-0.3, -0.25) is 0 Å². The van der Waals surface area contributed by atoms with E-state index in [1.807, 2.05) is 0 Å². The number of hydrogen-bond donors (Lipinski definition) is 9. The molecule has 0 radical (unpaired) electrons. The number of aliphatic hydroxyl groups is 8. The van der Waals surface area contributed by atoms with E-state index in [0.717, 1.165) is 6.26 Å². The van der Waals surface area contributed by atoms with Crippen LogP contribution in [0.2, 0.25) is 0 Å². The molecule has 1 aromatic carbocycles. The Morgan fingerprint density at radius 1 is 0.854 bits per heavy atom. The molecular formula is C30H40O18. The van der Waals surface area contributed by atoms with Gasteiger partial charge in [0.25, 0.3) is 0 Å². The molecule has 2 fully saturated rings. The van der Waals surface area contributed by atoms with Crippen molar-refractivity contribution in [2.24, 2.45) is 11.8 Å². The van der Waals surface area contributed by atoms with Crippen LogP contribution in [0.15, 0.2) is 42.7 Å². The number of carbonyl (C=O) groups excluding carboxylic acids is 1. The van der Waals surface area contributed by atoms with E-state index < -0.39 is 105 Å². The van der Waals surface area contributed by atoms with Crippen molar-refractivity contribution in [1.82, 2.24) is 0 Å². The fraction of sp³-hybridized carbons (Fsp3) is 0.600. The van der Waals surface area contributed by atoms with Crippen LogP contribution in [0.1, 0.15) is 16.8 Å². The van der Waals surface area contributed by atoms with Crippen molar-refractivity contribution in [3.8, 4) is 11.5 Å². The first-order chi connectivity index (χ1) is 22.9. The molecule has 0 aromatic heterocycles. The van der Waals surface area contributed by atoms with Gasteiger partial charge in [0, 0.05) is 11.8 Å². The summed E-state index contributed by atoms with van der Waals surface area (Å²) >= 11 is 0. The van der Waals surface area contributed by atoms with Crippen LogP contribution in [-0.4, -0.2) is 153 Å². The van der Waals surface area contributed by atoms with Crippen LogP contribution in [0.3, 0.4) is 0 Å². The first-order valence-electron chi connectivity index (χ1n) is 14.9. The van der Waals surface area contributed by atoms with Crippen LogP contribution in [-0.2, 0) is 28.5 Å². The second-order valence-corrected chi connectivity index (χ2v) is 11.2. The highest BCUT2D eigenvalue weighted by atomic mass is 16.8. The molecule has 0 spiro atoms. The van der Waals surface area contributed by atoms with E-state index in [0.29, 0.717) is 0 Å².